The largest absolute Gasteiger partial charge is 0.305 e. The van der Waals surface area contributed by atoms with Crippen molar-refractivity contribution in [3.8, 4) is 12.3 Å². The number of nitrogens with zero attached hydrogens (tertiary/aromatic N) is 1. The lowest BCUT2D eigenvalue weighted by Gasteiger charge is -2.22. The van der Waals surface area contributed by atoms with Crippen molar-refractivity contribution in [2.75, 3.05) is 26.2 Å². The minimum absolute atomic E-state index is 0.697. The molecule has 1 aliphatic carbocycles. The highest BCUT2D eigenvalue weighted by Crippen LogP contribution is 2.26. The molecule has 0 aliphatic heterocycles. The summed E-state index contributed by atoms with van der Waals surface area (Å²) < 4.78 is 0. The molecule has 1 saturated carbocycles. The fourth-order valence-electron chi connectivity index (χ4n) is 1.72. The highest BCUT2D eigenvalue weighted by atomic mass is 15.2. The molecule has 2 nitrogen and oxygen atoms in total. The molecule has 0 aromatic heterocycles. The zero-order valence-corrected chi connectivity index (χ0v) is 10.1. The summed E-state index contributed by atoms with van der Waals surface area (Å²) in [7, 11) is 0. The Bertz CT molecular complexity index is 201. The van der Waals surface area contributed by atoms with Crippen LogP contribution in [0.3, 0.4) is 0 Å². The van der Waals surface area contributed by atoms with Crippen molar-refractivity contribution in [2.24, 2.45) is 5.92 Å². The number of nitrogens with one attached hydrogen (secondary N) is 1. The lowest BCUT2D eigenvalue weighted by atomic mass is 10.1. The Labute approximate surface area is 94.4 Å². The second kappa shape index (κ2) is 6.87. The zero-order chi connectivity index (χ0) is 11.1. The van der Waals surface area contributed by atoms with E-state index in [1.165, 1.54) is 25.8 Å². The summed E-state index contributed by atoms with van der Waals surface area (Å²) in [6, 6.07) is 0.872. The van der Waals surface area contributed by atoms with Gasteiger partial charge in [0.25, 0.3) is 0 Å². The maximum absolute atomic E-state index is 5.19. The van der Waals surface area contributed by atoms with E-state index in [1.807, 2.05) is 0 Å². The number of terminal acetylenes is 1. The predicted octanol–water partition coefficient (Wildman–Crippen LogP) is 1.72. The van der Waals surface area contributed by atoms with E-state index in [2.05, 4.69) is 30.0 Å². The molecule has 0 spiro atoms. The van der Waals surface area contributed by atoms with Crippen LogP contribution < -0.4 is 5.32 Å². The molecule has 15 heavy (non-hydrogen) atoms. The summed E-state index contributed by atoms with van der Waals surface area (Å²) >= 11 is 0. The molecule has 0 radical (unpaired) electrons. The normalized spacial score (nSPS) is 15.9. The van der Waals surface area contributed by atoms with E-state index in [1.54, 1.807) is 0 Å². The highest BCUT2D eigenvalue weighted by Gasteiger charge is 2.27. The van der Waals surface area contributed by atoms with Gasteiger partial charge in [0.05, 0.1) is 6.54 Å². The van der Waals surface area contributed by atoms with Crippen LogP contribution in [-0.2, 0) is 0 Å². The van der Waals surface area contributed by atoms with E-state index < -0.39 is 0 Å². The van der Waals surface area contributed by atoms with E-state index >= 15 is 0 Å². The van der Waals surface area contributed by atoms with Gasteiger partial charge in [-0.3, -0.25) is 4.90 Å². The van der Waals surface area contributed by atoms with Crippen LogP contribution in [0.4, 0.5) is 0 Å². The van der Waals surface area contributed by atoms with E-state index in [0.717, 1.165) is 25.0 Å². The minimum atomic E-state index is 0.697. The first-order chi connectivity index (χ1) is 7.24. The SMILES string of the molecule is C#CCNCCN(CCC(C)C)C1CC1. The Kier molecular flexibility index (Phi) is 5.75. The van der Waals surface area contributed by atoms with Crippen LogP contribution in [0.1, 0.15) is 33.1 Å². The maximum atomic E-state index is 5.19. The van der Waals surface area contributed by atoms with Crippen LogP contribution in [0.25, 0.3) is 0 Å². The minimum Gasteiger partial charge on any atom is -0.305 e. The summed E-state index contributed by atoms with van der Waals surface area (Å²) in [5.41, 5.74) is 0. The summed E-state index contributed by atoms with van der Waals surface area (Å²) in [4.78, 5) is 2.61. The van der Waals surface area contributed by atoms with Crippen LogP contribution in [0.2, 0.25) is 0 Å². The molecule has 86 valence electrons. The lowest BCUT2D eigenvalue weighted by molar-refractivity contribution is 0.249. The topological polar surface area (TPSA) is 15.3 Å². The summed E-state index contributed by atoms with van der Waals surface area (Å²) in [5.74, 6) is 3.42. The monoisotopic (exact) mass is 208 g/mol. The van der Waals surface area contributed by atoms with Crippen LogP contribution in [0.5, 0.6) is 0 Å². The van der Waals surface area contributed by atoms with Gasteiger partial charge >= 0.3 is 0 Å². The summed E-state index contributed by atoms with van der Waals surface area (Å²) in [5, 5.41) is 3.26. The van der Waals surface area contributed by atoms with Gasteiger partial charge in [0.2, 0.25) is 0 Å². The summed E-state index contributed by atoms with van der Waals surface area (Å²) in [6.45, 7) is 8.71. The maximum Gasteiger partial charge on any atom is 0.0574 e. The number of hydrogen-bond acceptors (Lipinski definition) is 2. The van der Waals surface area contributed by atoms with Crippen LogP contribution in [0, 0.1) is 18.3 Å². The second-order valence-corrected chi connectivity index (χ2v) is 4.83. The average molecular weight is 208 g/mol. The Morgan fingerprint density at radius 1 is 1.40 bits per heavy atom. The third kappa shape index (κ3) is 5.81. The predicted molar refractivity (Wildman–Crippen MR) is 65.8 cm³/mol. The van der Waals surface area contributed by atoms with Gasteiger partial charge in [0, 0.05) is 19.1 Å². The molecule has 1 aliphatic rings. The van der Waals surface area contributed by atoms with Crippen molar-refractivity contribution in [1.82, 2.24) is 10.2 Å². The van der Waals surface area contributed by atoms with Crippen molar-refractivity contribution in [1.29, 1.82) is 0 Å². The zero-order valence-electron chi connectivity index (χ0n) is 10.1. The van der Waals surface area contributed by atoms with Gasteiger partial charge < -0.3 is 5.32 Å². The Morgan fingerprint density at radius 3 is 2.67 bits per heavy atom. The first-order valence-corrected chi connectivity index (χ1v) is 6.12. The molecule has 0 unspecified atom stereocenters. The number of hydrogen-bond donors (Lipinski definition) is 1. The van der Waals surface area contributed by atoms with Gasteiger partial charge in [-0.15, -0.1) is 6.42 Å². The van der Waals surface area contributed by atoms with E-state index in [-0.39, 0.29) is 0 Å². The van der Waals surface area contributed by atoms with Gasteiger partial charge in [0.15, 0.2) is 0 Å². The molecule has 1 rings (SSSR count). The molecule has 0 aromatic rings. The molecule has 0 atom stereocenters. The lowest BCUT2D eigenvalue weighted by Crippen LogP contribution is -2.35. The number of rotatable bonds is 8. The van der Waals surface area contributed by atoms with Crippen LogP contribution in [0.15, 0.2) is 0 Å². The molecule has 1 fully saturated rings. The molecule has 0 amide bonds. The first-order valence-electron chi connectivity index (χ1n) is 6.12. The second-order valence-electron chi connectivity index (χ2n) is 4.83. The van der Waals surface area contributed by atoms with Crippen molar-refractivity contribution in [3.05, 3.63) is 0 Å². The Balaban J connectivity index is 2.11. The van der Waals surface area contributed by atoms with Crippen LogP contribution in [-0.4, -0.2) is 37.1 Å². The molecule has 0 saturated heterocycles. The average Bonchev–Trinajstić information content (AvgIpc) is 3.00. The van der Waals surface area contributed by atoms with Crippen molar-refractivity contribution in [2.45, 2.75) is 39.2 Å². The molecular formula is C13H24N2. The highest BCUT2D eigenvalue weighted by molar-refractivity contribution is 4.88. The Morgan fingerprint density at radius 2 is 2.13 bits per heavy atom. The van der Waals surface area contributed by atoms with Gasteiger partial charge in [-0.1, -0.05) is 19.8 Å². The molecule has 2 heteroatoms. The molecular weight excluding hydrogens is 184 g/mol. The summed E-state index contributed by atoms with van der Waals surface area (Å²) in [6.07, 6.45) is 9.29. The smallest absolute Gasteiger partial charge is 0.0574 e. The van der Waals surface area contributed by atoms with Gasteiger partial charge in [-0.25, -0.2) is 0 Å². The fraction of sp³-hybridized carbons (Fsp3) is 0.846. The molecule has 0 aromatic carbocycles. The third-order valence-corrected chi connectivity index (χ3v) is 2.86. The van der Waals surface area contributed by atoms with Gasteiger partial charge in [0.1, 0.15) is 0 Å². The van der Waals surface area contributed by atoms with Crippen LogP contribution >= 0.6 is 0 Å². The van der Waals surface area contributed by atoms with Gasteiger partial charge in [-0.05, 0) is 31.7 Å². The first kappa shape index (κ1) is 12.5. The van der Waals surface area contributed by atoms with Crippen molar-refractivity contribution < 1.29 is 0 Å². The third-order valence-electron chi connectivity index (χ3n) is 2.86. The van der Waals surface area contributed by atoms with Crippen molar-refractivity contribution >= 4 is 0 Å². The van der Waals surface area contributed by atoms with E-state index in [0.29, 0.717) is 6.54 Å². The standard InChI is InChI=1S/C13H24N2/c1-4-8-14-9-11-15(13-5-6-13)10-7-12(2)3/h1,12-14H,5-11H2,2-3H3. The fourth-order valence-corrected chi connectivity index (χ4v) is 1.72. The van der Waals surface area contributed by atoms with Crippen molar-refractivity contribution in [3.63, 3.8) is 0 Å². The van der Waals surface area contributed by atoms with Gasteiger partial charge in [-0.2, -0.15) is 0 Å². The quantitative estimate of drug-likeness (QED) is 0.483. The molecule has 0 heterocycles. The molecule has 0 bridgehead atoms. The molecule has 1 N–H and O–H groups in total. The van der Waals surface area contributed by atoms with E-state index in [9.17, 15) is 0 Å². The van der Waals surface area contributed by atoms with E-state index in [4.69, 9.17) is 6.42 Å². The Hall–Kier alpha value is -0.520.